The molecular weight excluding hydrogens is 651 g/mol. The highest BCUT2D eigenvalue weighted by Crippen LogP contribution is 2.40. The first-order chi connectivity index (χ1) is 23.7. The molecule has 4 aromatic rings. The Hall–Kier alpha value is -4.66. The standard InChI is InChI=1S/C33H39N8O7P/c1-21(31(42)45-17-23-9-5-3-6-10-23)39-49(44,40-22(2)32(43)46-18-24-11-7-4-8-12-24)47-19-26-15-16-27(48-26)41-20-35-28-29(36-25-13-14-25)37-33(34)38-30(28)41/h3-12,15-16,20-22,25-27H,13-14,17-19H2,1-2H3,(H2,39,40,44)(H3,34,36,37,38)/t21-,22-,26-,27+/m0/s1. The molecule has 3 heterocycles. The maximum absolute atomic E-state index is 14.2. The number of hydrogen-bond donors (Lipinski definition) is 4. The third-order valence-electron chi connectivity index (χ3n) is 7.74. The smallest absolute Gasteiger partial charge is 0.342 e. The van der Waals surface area contributed by atoms with Gasteiger partial charge in [0, 0.05) is 6.04 Å². The number of nitrogens with one attached hydrogen (secondary N) is 3. The Kier molecular flexibility index (Phi) is 10.7. The SMILES string of the molecule is C[C@H](NP(=O)(N[C@@H](C)C(=O)OCc1ccccc1)OC[C@@H]1C=C[C@H](n2cnc3c(NC4CC4)nc(N)nc32)O1)C(=O)OCc1ccccc1. The van der Waals surface area contributed by atoms with Crippen molar-refractivity contribution in [1.29, 1.82) is 0 Å². The van der Waals surface area contributed by atoms with E-state index >= 15 is 0 Å². The highest BCUT2D eigenvalue weighted by molar-refractivity contribution is 7.54. The molecule has 4 atom stereocenters. The van der Waals surface area contributed by atoms with Crippen molar-refractivity contribution in [3.8, 4) is 0 Å². The molecule has 49 heavy (non-hydrogen) atoms. The second-order valence-corrected chi connectivity index (χ2v) is 13.7. The predicted molar refractivity (Wildman–Crippen MR) is 181 cm³/mol. The summed E-state index contributed by atoms with van der Waals surface area (Å²) >= 11 is 0. The molecule has 2 aliphatic rings. The van der Waals surface area contributed by atoms with Crippen LogP contribution in [0.2, 0.25) is 0 Å². The Bertz CT molecular complexity index is 1770. The number of ether oxygens (including phenoxy) is 3. The van der Waals surface area contributed by atoms with Gasteiger partial charge >= 0.3 is 19.6 Å². The Morgan fingerprint density at radius 3 is 2.10 bits per heavy atom. The number of benzene rings is 2. The van der Waals surface area contributed by atoms with E-state index in [1.165, 1.54) is 13.8 Å². The number of carbonyl (C=O) groups excluding carboxylic acids is 2. The predicted octanol–water partition coefficient (Wildman–Crippen LogP) is 4.00. The largest absolute Gasteiger partial charge is 0.460 e. The van der Waals surface area contributed by atoms with Crippen molar-refractivity contribution >= 4 is 42.5 Å². The summed E-state index contributed by atoms with van der Waals surface area (Å²) in [6.45, 7) is 2.86. The molecule has 15 nitrogen and oxygen atoms in total. The Balaban J connectivity index is 1.10. The van der Waals surface area contributed by atoms with Gasteiger partial charge in [0.15, 0.2) is 23.2 Å². The molecule has 0 spiro atoms. The molecular formula is C33H39N8O7P. The Morgan fingerprint density at radius 1 is 0.939 bits per heavy atom. The maximum Gasteiger partial charge on any atom is 0.342 e. The number of anilines is 2. The highest BCUT2D eigenvalue weighted by Gasteiger charge is 2.35. The summed E-state index contributed by atoms with van der Waals surface area (Å²) in [5.74, 6) is -0.647. The lowest BCUT2D eigenvalue weighted by Crippen LogP contribution is -2.42. The molecule has 0 radical (unpaired) electrons. The van der Waals surface area contributed by atoms with Gasteiger partial charge in [-0.3, -0.25) is 18.7 Å². The minimum atomic E-state index is -4.10. The van der Waals surface area contributed by atoms with Crippen LogP contribution >= 0.6 is 7.67 Å². The van der Waals surface area contributed by atoms with Gasteiger partial charge in [0.1, 0.15) is 31.4 Å². The number of nitrogen functional groups attached to an aromatic ring is 1. The fraction of sp³-hybridized carbons (Fsp3) is 0.364. The molecule has 5 N–H and O–H groups in total. The summed E-state index contributed by atoms with van der Waals surface area (Å²) in [6, 6.07) is 16.6. The Labute approximate surface area is 283 Å². The van der Waals surface area contributed by atoms with E-state index in [-0.39, 0.29) is 25.8 Å². The zero-order valence-corrected chi connectivity index (χ0v) is 28.0. The minimum Gasteiger partial charge on any atom is -0.460 e. The average Bonchev–Trinajstić information content (AvgIpc) is 3.61. The van der Waals surface area contributed by atoms with Gasteiger partial charge in [0.2, 0.25) is 5.95 Å². The lowest BCUT2D eigenvalue weighted by Gasteiger charge is -2.27. The molecule has 2 aromatic carbocycles. The molecule has 16 heteroatoms. The van der Waals surface area contributed by atoms with Crippen LogP contribution in [0, 0.1) is 0 Å². The van der Waals surface area contributed by atoms with Crippen LogP contribution in [0.4, 0.5) is 11.8 Å². The number of carbonyl (C=O) groups is 2. The van der Waals surface area contributed by atoms with Crippen molar-refractivity contribution in [2.45, 2.75) is 70.4 Å². The zero-order valence-electron chi connectivity index (χ0n) is 27.1. The van der Waals surface area contributed by atoms with Crippen molar-refractivity contribution in [2.24, 2.45) is 0 Å². The number of nitrogens with zero attached hydrogens (tertiary/aromatic N) is 4. The van der Waals surface area contributed by atoms with Crippen LogP contribution in [0.15, 0.2) is 79.1 Å². The number of esters is 2. The van der Waals surface area contributed by atoms with E-state index in [4.69, 9.17) is 24.5 Å². The van der Waals surface area contributed by atoms with Crippen LogP contribution in [0.1, 0.15) is 44.0 Å². The van der Waals surface area contributed by atoms with Crippen LogP contribution in [0.5, 0.6) is 0 Å². The fourth-order valence-electron chi connectivity index (χ4n) is 5.00. The second kappa shape index (κ2) is 15.3. The number of imidazole rings is 1. The molecule has 258 valence electrons. The van der Waals surface area contributed by atoms with Crippen LogP contribution in [0.3, 0.4) is 0 Å². The molecule has 1 aliphatic heterocycles. The van der Waals surface area contributed by atoms with Crippen molar-refractivity contribution < 1.29 is 32.9 Å². The van der Waals surface area contributed by atoms with Crippen molar-refractivity contribution in [2.75, 3.05) is 17.7 Å². The topological polar surface area (TPSA) is 194 Å². The molecule has 1 fully saturated rings. The van der Waals surface area contributed by atoms with Gasteiger partial charge in [-0.2, -0.15) is 9.97 Å². The molecule has 1 saturated carbocycles. The summed E-state index contributed by atoms with van der Waals surface area (Å²) in [7, 11) is -4.10. The third kappa shape index (κ3) is 9.08. The minimum absolute atomic E-state index is 0.0340. The van der Waals surface area contributed by atoms with Gasteiger partial charge < -0.3 is 29.8 Å². The van der Waals surface area contributed by atoms with E-state index < -0.39 is 44.0 Å². The molecule has 0 amide bonds. The van der Waals surface area contributed by atoms with E-state index in [0.717, 1.165) is 24.0 Å². The summed E-state index contributed by atoms with van der Waals surface area (Å²) in [4.78, 5) is 38.9. The first-order valence-corrected chi connectivity index (χ1v) is 17.6. The van der Waals surface area contributed by atoms with Crippen molar-refractivity contribution in [3.63, 3.8) is 0 Å². The van der Waals surface area contributed by atoms with E-state index in [1.807, 2.05) is 60.7 Å². The van der Waals surface area contributed by atoms with Gasteiger partial charge in [-0.1, -0.05) is 66.7 Å². The maximum atomic E-state index is 14.2. The quantitative estimate of drug-likeness (QED) is 0.0748. The molecule has 0 saturated heterocycles. The van der Waals surface area contributed by atoms with Crippen LogP contribution in [-0.4, -0.2) is 62.3 Å². The van der Waals surface area contributed by atoms with Gasteiger partial charge in [-0.25, -0.2) is 15.2 Å². The number of aromatic nitrogens is 4. The van der Waals surface area contributed by atoms with Crippen molar-refractivity contribution in [1.82, 2.24) is 29.7 Å². The van der Waals surface area contributed by atoms with Gasteiger partial charge in [-0.05, 0) is 43.9 Å². The Morgan fingerprint density at radius 2 is 1.53 bits per heavy atom. The van der Waals surface area contributed by atoms with Crippen LogP contribution < -0.4 is 21.2 Å². The normalized spacial score (nSPS) is 18.7. The van der Waals surface area contributed by atoms with Gasteiger partial charge in [-0.15, -0.1) is 0 Å². The molecule has 0 unspecified atom stereocenters. The van der Waals surface area contributed by atoms with E-state index in [9.17, 15) is 14.2 Å². The van der Waals surface area contributed by atoms with E-state index in [1.54, 1.807) is 23.0 Å². The molecule has 1 aliphatic carbocycles. The summed E-state index contributed by atoms with van der Waals surface area (Å²) in [6.07, 6.45) is 5.98. The van der Waals surface area contributed by atoms with E-state index in [0.29, 0.717) is 23.0 Å². The summed E-state index contributed by atoms with van der Waals surface area (Å²) < 4.78 is 38.8. The third-order valence-corrected chi connectivity index (χ3v) is 9.71. The first kappa shape index (κ1) is 34.2. The number of hydrogen-bond acceptors (Lipinski definition) is 12. The molecule has 0 bridgehead atoms. The van der Waals surface area contributed by atoms with E-state index in [2.05, 4.69) is 30.4 Å². The monoisotopic (exact) mass is 690 g/mol. The van der Waals surface area contributed by atoms with Gasteiger partial charge in [0.05, 0.1) is 12.9 Å². The number of fused-ring (bicyclic) bond motifs is 1. The number of rotatable bonds is 16. The van der Waals surface area contributed by atoms with Crippen molar-refractivity contribution in [3.05, 3.63) is 90.3 Å². The number of nitrogens with two attached hydrogens (primary N) is 1. The molecule has 6 rings (SSSR count). The fourth-order valence-corrected chi connectivity index (χ4v) is 6.81. The first-order valence-electron chi connectivity index (χ1n) is 16.0. The summed E-state index contributed by atoms with van der Waals surface area (Å²) in [5.41, 5.74) is 8.65. The molecule has 2 aromatic heterocycles. The lowest BCUT2D eigenvalue weighted by atomic mass is 10.2. The lowest BCUT2D eigenvalue weighted by molar-refractivity contribution is -0.147. The van der Waals surface area contributed by atoms with Crippen LogP contribution in [-0.2, 0) is 46.1 Å². The average molecular weight is 691 g/mol. The second-order valence-electron chi connectivity index (χ2n) is 11.9. The summed E-state index contributed by atoms with van der Waals surface area (Å²) in [5, 5.41) is 8.76. The zero-order chi connectivity index (χ0) is 34.4. The van der Waals surface area contributed by atoms with Gasteiger partial charge in [0.25, 0.3) is 0 Å². The highest BCUT2D eigenvalue weighted by atomic mass is 31.2. The van der Waals surface area contributed by atoms with Crippen LogP contribution in [0.25, 0.3) is 11.2 Å².